The number of nitrogens with zero attached hydrogens (tertiary/aromatic N) is 1. The minimum Gasteiger partial charge on any atom is -0.447 e. The predicted octanol–water partition coefficient (Wildman–Crippen LogP) is 1.87. The molecular formula is C8H13F2NO2. The van der Waals surface area contributed by atoms with Gasteiger partial charge in [0.15, 0.2) is 0 Å². The Morgan fingerprint density at radius 1 is 1.54 bits per heavy atom. The maximum atomic E-state index is 12.6. The van der Waals surface area contributed by atoms with Gasteiger partial charge in [0, 0.05) is 13.0 Å². The summed E-state index contributed by atoms with van der Waals surface area (Å²) in [4.78, 5) is 12.2. The van der Waals surface area contributed by atoms with Crippen LogP contribution >= 0.6 is 0 Å². The van der Waals surface area contributed by atoms with Crippen LogP contribution in [0.5, 0.6) is 0 Å². The van der Waals surface area contributed by atoms with Gasteiger partial charge in [-0.15, -0.1) is 0 Å². The first-order valence-corrected chi connectivity index (χ1v) is 4.24. The average molecular weight is 193 g/mol. The van der Waals surface area contributed by atoms with Gasteiger partial charge in [0.25, 0.3) is 5.92 Å². The summed E-state index contributed by atoms with van der Waals surface area (Å²) in [6.45, 7) is 2.94. The van der Waals surface area contributed by atoms with Crippen molar-refractivity contribution >= 4 is 6.09 Å². The number of alkyl halides is 2. The number of likely N-dealkylation sites (tertiary alicyclic amines) is 1. The number of carbonyl (C=O) groups excluding carboxylic acids is 1. The Balaban J connectivity index is 2.42. The predicted molar refractivity (Wildman–Crippen MR) is 42.8 cm³/mol. The molecule has 0 atom stereocenters. The first kappa shape index (κ1) is 10.2. The molecule has 0 unspecified atom stereocenters. The second-order valence-corrected chi connectivity index (χ2v) is 3.46. The highest BCUT2D eigenvalue weighted by atomic mass is 19.3. The van der Waals surface area contributed by atoms with Gasteiger partial charge in [-0.25, -0.2) is 13.6 Å². The molecule has 3 nitrogen and oxygen atoms in total. The average Bonchev–Trinajstić information content (AvgIpc) is 2.28. The van der Waals surface area contributed by atoms with Crippen molar-refractivity contribution in [2.24, 2.45) is 0 Å². The van der Waals surface area contributed by atoms with Crippen molar-refractivity contribution in [2.75, 3.05) is 13.1 Å². The Morgan fingerprint density at radius 2 is 2.15 bits per heavy atom. The van der Waals surface area contributed by atoms with Crippen LogP contribution < -0.4 is 0 Å². The molecule has 1 aliphatic rings. The molecule has 0 N–H and O–H groups in total. The molecule has 0 bridgehead atoms. The van der Waals surface area contributed by atoms with Crippen LogP contribution in [0.1, 0.15) is 20.3 Å². The van der Waals surface area contributed by atoms with E-state index in [1.54, 1.807) is 13.8 Å². The number of rotatable bonds is 1. The molecule has 1 aliphatic heterocycles. The smallest absolute Gasteiger partial charge is 0.410 e. The molecule has 1 amide bonds. The molecule has 1 fully saturated rings. The minimum atomic E-state index is -2.74. The first-order chi connectivity index (χ1) is 5.91. The van der Waals surface area contributed by atoms with Crippen molar-refractivity contribution in [1.82, 2.24) is 4.90 Å². The molecule has 5 heteroatoms. The van der Waals surface area contributed by atoms with Crippen LogP contribution in [-0.2, 0) is 4.74 Å². The van der Waals surface area contributed by atoms with Crippen LogP contribution in [0.4, 0.5) is 13.6 Å². The Labute approximate surface area is 75.7 Å². The number of halogens is 2. The summed E-state index contributed by atoms with van der Waals surface area (Å²) in [5.41, 5.74) is 0. The van der Waals surface area contributed by atoms with Gasteiger partial charge in [-0.1, -0.05) is 0 Å². The van der Waals surface area contributed by atoms with Crippen molar-refractivity contribution < 1.29 is 18.3 Å². The summed E-state index contributed by atoms with van der Waals surface area (Å²) >= 11 is 0. The highest BCUT2D eigenvalue weighted by molar-refractivity contribution is 5.68. The lowest BCUT2D eigenvalue weighted by Gasteiger charge is -2.17. The third kappa shape index (κ3) is 2.82. The van der Waals surface area contributed by atoms with Crippen molar-refractivity contribution in [3.8, 4) is 0 Å². The zero-order chi connectivity index (χ0) is 10.1. The summed E-state index contributed by atoms with van der Waals surface area (Å²) in [6.07, 6.45) is -1.17. The Hall–Kier alpha value is -0.870. The summed E-state index contributed by atoms with van der Waals surface area (Å²) in [6, 6.07) is 0. The fourth-order valence-electron chi connectivity index (χ4n) is 1.17. The van der Waals surface area contributed by atoms with Crippen molar-refractivity contribution in [1.29, 1.82) is 0 Å². The van der Waals surface area contributed by atoms with Crippen molar-refractivity contribution in [3.05, 3.63) is 0 Å². The molecule has 0 aliphatic carbocycles. The van der Waals surface area contributed by atoms with E-state index in [2.05, 4.69) is 0 Å². The molecule has 1 saturated heterocycles. The molecule has 1 heterocycles. The lowest BCUT2D eigenvalue weighted by Crippen LogP contribution is -2.33. The maximum absolute atomic E-state index is 12.6. The lowest BCUT2D eigenvalue weighted by molar-refractivity contribution is 0.00846. The van der Waals surface area contributed by atoms with Crippen LogP contribution in [0.2, 0.25) is 0 Å². The van der Waals surface area contributed by atoms with Gasteiger partial charge in [0.1, 0.15) is 0 Å². The van der Waals surface area contributed by atoms with E-state index in [1.807, 2.05) is 0 Å². The summed E-state index contributed by atoms with van der Waals surface area (Å²) in [5, 5.41) is 0. The Kier molecular flexibility index (Phi) is 2.73. The topological polar surface area (TPSA) is 29.5 Å². The van der Waals surface area contributed by atoms with Gasteiger partial charge in [-0.2, -0.15) is 0 Å². The normalized spacial score (nSPS) is 20.8. The van der Waals surface area contributed by atoms with Gasteiger partial charge < -0.3 is 9.64 Å². The van der Waals surface area contributed by atoms with Gasteiger partial charge in [0.05, 0.1) is 12.6 Å². The molecule has 0 saturated carbocycles. The van der Waals surface area contributed by atoms with Crippen molar-refractivity contribution in [2.45, 2.75) is 32.3 Å². The zero-order valence-electron chi connectivity index (χ0n) is 7.72. The van der Waals surface area contributed by atoms with Gasteiger partial charge in [-0.3, -0.25) is 0 Å². The second-order valence-electron chi connectivity index (χ2n) is 3.46. The van der Waals surface area contributed by atoms with E-state index in [9.17, 15) is 13.6 Å². The van der Waals surface area contributed by atoms with Gasteiger partial charge in [0.2, 0.25) is 0 Å². The fourth-order valence-corrected chi connectivity index (χ4v) is 1.17. The van der Waals surface area contributed by atoms with Crippen LogP contribution in [-0.4, -0.2) is 36.1 Å². The number of hydrogen-bond donors (Lipinski definition) is 0. The van der Waals surface area contributed by atoms with E-state index in [1.165, 1.54) is 0 Å². The van der Waals surface area contributed by atoms with Crippen molar-refractivity contribution in [3.63, 3.8) is 0 Å². The van der Waals surface area contributed by atoms with Crippen LogP contribution in [0, 0.1) is 0 Å². The first-order valence-electron chi connectivity index (χ1n) is 4.24. The van der Waals surface area contributed by atoms with E-state index >= 15 is 0 Å². The summed E-state index contributed by atoms with van der Waals surface area (Å²) < 4.78 is 30.1. The number of carbonyl (C=O) groups is 1. The standard InChI is InChI=1S/C8H13F2NO2/c1-6(2)13-7(12)11-4-3-8(9,10)5-11/h6H,3-5H2,1-2H3. The SMILES string of the molecule is CC(C)OC(=O)N1CCC(F)(F)C1. The van der Waals surface area contributed by atoms with Crippen LogP contribution in [0.25, 0.3) is 0 Å². The second kappa shape index (κ2) is 3.47. The van der Waals surface area contributed by atoms with Gasteiger partial charge in [-0.05, 0) is 13.8 Å². The molecule has 76 valence electrons. The number of hydrogen-bond acceptors (Lipinski definition) is 2. The fraction of sp³-hybridized carbons (Fsp3) is 0.875. The van der Waals surface area contributed by atoms with Gasteiger partial charge >= 0.3 is 6.09 Å². The molecule has 0 spiro atoms. The minimum absolute atomic E-state index is 0.0819. The number of ether oxygens (including phenoxy) is 1. The molecular weight excluding hydrogens is 180 g/mol. The van der Waals surface area contributed by atoms with E-state index < -0.39 is 18.6 Å². The Bertz CT molecular complexity index is 206. The van der Waals surface area contributed by atoms with Crippen LogP contribution in [0.15, 0.2) is 0 Å². The zero-order valence-corrected chi connectivity index (χ0v) is 7.72. The van der Waals surface area contributed by atoms with E-state index in [0.717, 1.165) is 4.90 Å². The highest BCUT2D eigenvalue weighted by Crippen LogP contribution is 2.27. The maximum Gasteiger partial charge on any atom is 0.410 e. The molecule has 0 aromatic heterocycles. The van der Waals surface area contributed by atoms with E-state index in [-0.39, 0.29) is 19.1 Å². The van der Waals surface area contributed by atoms with E-state index in [4.69, 9.17) is 4.74 Å². The monoisotopic (exact) mass is 193 g/mol. The summed E-state index contributed by atoms with van der Waals surface area (Å²) in [5.74, 6) is -2.74. The molecule has 1 rings (SSSR count). The Morgan fingerprint density at radius 3 is 2.54 bits per heavy atom. The third-order valence-corrected chi connectivity index (χ3v) is 1.76. The summed E-state index contributed by atoms with van der Waals surface area (Å²) in [7, 11) is 0. The molecule has 0 radical (unpaired) electrons. The highest BCUT2D eigenvalue weighted by Gasteiger charge is 2.41. The quantitative estimate of drug-likeness (QED) is 0.636. The van der Waals surface area contributed by atoms with E-state index in [0.29, 0.717) is 0 Å². The molecule has 0 aromatic carbocycles. The largest absolute Gasteiger partial charge is 0.447 e. The number of amides is 1. The molecule has 13 heavy (non-hydrogen) atoms. The van der Waals surface area contributed by atoms with Crippen LogP contribution in [0.3, 0.4) is 0 Å². The third-order valence-electron chi connectivity index (χ3n) is 1.76. The lowest BCUT2D eigenvalue weighted by atomic mass is 10.3. The molecule has 0 aromatic rings.